The molecule has 1 aliphatic rings. The van der Waals surface area contributed by atoms with E-state index >= 15 is 0 Å². The summed E-state index contributed by atoms with van der Waals surface area (Å²) in [6, 6.07) is 6.74. The van der Waals surface area contributed by atoms with Crippen molar-refractivity contribution in [2.24, 2.45) is 0 Å². The van der Waals surface area contributed by atoms with Gasteiger partial charge in [0, 0.05) is 6.54 Å². The lowest BCUT2D eigenvalue weighted by Gasteiger charge is -2.13. The van der Waals surface area contributed by atoms with Crippen LogP contribution in [0.4, 0.5) is 0 Å². The molecule has 1 heterocycles. The minimum absolute atomic E-state index is 0.192. The molecule has 0 aromatic heterocycles. The Morgan fingerprint density at radius 1 is 0.735 bits per heavy atom. The summed E-state index contributed by atoms with van der Waals surface area (Å²) in [5.74, 6) is -2.14. The second-order valence-electron chi connectivity index (χ2n) is 6.99. The Morgan fingerprint density at radius 2 is 1.24 bits per heavy atom. The van der Waals surface area contributed by atoms with Crippen LogP contribution in [0, 0.1) is 0 Å². The Kier molecular flexibility index (Phi) is 12.7. The Morgan fingerprint density at radius 3 is 1.76 bits per heavy atom. The molecule has 0 atom stereocenters. The van der Waals surface area contributed by atoms with E-state index in [0.717, 1.165) is 0 Å². The summed E-state index contributed by atoms with van der Waals surface area (Å²) in [4.78, 5) is 47.2. The zero-order chi connectivity index (χ0) is 24.6. The first kappa shape index (κ1) is 27.3. The van der Waals surface area contributed by atoms with E-state index in [1.807, 2.05) is 0 Å². The van der Waals surface area contributed by atoms with Crippen molar-refractivity contribution in [3.8, 4) is 0 Å². The van der Waals surface area contributed by atoms with E-state index in [9.17, 15) is 19.2 Å². The van der Waals surface area contributed by atoms with Crippen LogP contribution in [-0.2, 0) is 33.3 Å². The number of carbonyl (C=O) groups excluding carboxylic acids is 3. The number of hydrogen-bond donors (Lipinski definition) is 2. The van der Waals surface area contributed by atoms with E-state index in [4.69, 9.17) is 24.1 Å². The maximum absolute atomic E-state index is 12.2. The average molecular weight is 482 g/mol. The molecular formula is C22H30N2O10. The number of nitrogens with zero attached hydrogens (tertiary/aromatic N) is 1. The highest BCUT2D eigenvalue weighted by molar-refractivity contribution is 6.21. The third kappa shape index (κ3) is 9.93. The molecule has 3 amide bonds. The van der Waals surface area contributed by atoms with Gasteiger partial charge in [0.15, 0.2) is 0 Å². The van der Waals surface area contributed by atoms with Crippen LogP contribution < -0.4 is 5.32 Å². The Balaban J connectivity index is 1.33. The summed E-state index contributed by atoms with van der Waals surface area (Å²) in [5, 5.41) is 10.9. The molecular weight excluding hydrogens is 452 g/mol. The monoisotopic (exact) mass is 482 g/mol. The smallest absolute Gasteiger partial charge is 0.329 e. The SMILES string of the molecule is O=C(O)COCC(=O)NCCOCCOCCOCCOCCN1C(=O)c2ccccc2C1=O. The summed E-state index contributed by atoms with van der Waals surface area (Å²) in [7, 11) is 0. The Bertz CT molecular complexity index is 782. The summed E-state index contributed by atoms with van der Waals surface area (Å²) in [6.07, 6.45) is 0. The number of ether oxygens (including phenoxy) is 5. The van der Waals surface area contributed by atoms with Gasteiger partial charge in [0.2, 0.25) is 5.91 Å². The minimum Gasteiger partial charge on any atom is -0.480 e. The number of imide groups is 1. The summed E-state index contributed by atoms with van der Waals surface area (Å²) in [6.45, 7) is 2.36. The fourth-order valence-corrected chi connectivity index (χ4v) is 2.90. The third-order valence-electron chi connectivity index (χ3n) is 4.48. The van der Waals surface area contributed by atoms with E-state index in [1.54, 1.807) is 24.3 Å². The van der Waals surface area contributed by atoms with E-state index in [0.29, 0.717) is 57.4 Å². The zero-order valence-corrected chi connectivity index (χ0v) is 18.9. The minimum atomic E-state index is -1.13. The molecule has 12 heteroatoms. The highest BCUT2D eigenvalue weighted by Gasteiger charge is 2.34. The van der Waals surface area contributed by atoms with E-state index in [-0.39, 0.29) is 38.1 Å². The molecule has 0 saturated carbocycles. The first-order valence-electron chi connectivity index (χ1n) is 10.8. The molecule has 2 N–H and O–H groups in total. The predicted octanol–water partition coefficient (Wildman–Crippen LogP) is -0.434. The molecule has 0 spiro atoms. The van der Waals surface area contributed by atoms with E-state index < -0.39 is 18.5 Å². The molecule has 0 radical (unpaired) electrons. The van der Waals surface area contributed by atoms with Crippen LogP contribution in [0.25, 0.3) is 0 Å². The number of nitrogens with one attached hydrogen (secondary N) is 1. The van der Waals surface area contributed by atoms with Gasteiger partial charge in [0.05, 0.1) is 70.5 Å². The van der Waals surface area contributed by atoms with Crippen molar-refractivity contribution in [2.45, 2.75) is 0 Å². The number of benzene rings is 1. The number of rotatable bonds is 19. The molecule has 1 aromatic rings. The topological polar surface area (TPSA) is 150 Å². The molecule has 12 nitrogen and oxygen atoms in total. The number of fused-ring (bicyclic) bond motifs is 1. The van der Waals surface area contributed by atoms with Gasteiger partial charge >= 0.3 is 5.97 Å². The van der Waals surface area contributed by atoms with Crippen LogP contribution in [-0.4, -0.2) is 113 Å². The Labute approximate surface area is 197 Å². The standard InChI is InChI=1S/C22H30N2O10/c25-19(15-34-16-20(26)27)23-5-7-30-9-11-32-13-14-33-12-10-31-8-6-24-21(28)17-3-1-2-4-18(17)22(24)29/h1-4H,5-16H2,(H,23,25)(H,26,27). The second kappa shape index (κ2) is 15.9. The maximum Gasteiger partial charge on any atom is 0.329 e. The molecule has 2 rings (SSSR count). The van der Waals surface area contributed by atoms with Crippen molar-refractivity contribution in [3.63, 3.8) is 0 Å². The van der Waals surface area contributed by atoms with Crippen LogP contribution in [0.15, 0.2) is 24.3 Å². The van der Waals surface area contributed by atoms with Gasteiger partial charge in [-0.2, -0.15) is 0 Å². The number of carbonyl (C=O) groups is 4. The predicted molar refractivity (Wildman–Crippen MR) is 117 cm³/mol. The van der Waals surface area contributed by atoms with Crippen molar-refractivity contribution in [1.29, 1.82) is 0 Å². The number of aliphatic carboxylic acids is 1. The van der Waals surface area contributed by atoms with Crippen LogP contribution in [0.5, 0.6) is 0 Å². The van der Waals surface area contributed by atoms with Crippen molar-refractivity contribution < 1.29 is 48.0 Å². The van der Waals surface area contributed by atoms with Crippen LogP contribution >= 0.6 is 0 Å². The zero-order valence-electron chi connectivity index (χ0n) is 18.9. The Hall–Kier alpha value is -2.90. The molecule has 0 fully saturated rings. The lowest BCUT2D eigenvalue weighted by Crippen LogP contribution is -2.33. The summed E-state index contributed by atoms with van der Waals surface area (Å²) in [5.41, 5.74) is 0.848. The van der Waals surface area contributed by atoms with Gasteiger partial charge in [-0.25, -0.2) is 4.79 Å². The number of amides is 3. The van der Waals surface area contributed by atoms with E-state index in [2.05, 4.69) is 10.1 Å². The van der Waals surface area contributed by atoms with Crippen LogP contribution in [0.3, 0.4) is 0 Å². The van der Waals surface area contributed by atoms with Gasteiger partial charge in [-0.15, -0.1) is 0 Å². The average Bonchev–Trinajstić information content (AvgIpc) is 3.06. The van der Waals surface area contributed by atoms with Crippen molar-refractivity contribution in [2.75, 3.05) is 79.2 Å². The van der Waals surface area contributed by atoms with Gasteiger partial charge in [0.25, 0.3) is 11.8 Å². The van der Waals surface area contributed by atoms with Gasteiger partial charge in [-0.3, -0.25) is 19.3 Å². The quantitative estimate of drug-likeness (QED) is 0.196. The first-order valence-corrected chi connectivity index (χ1v) is 10.8. The molecule has 1 aromatic carbocycles. The molecule has 0 aliphatic carbocycles. The fraction of sp³-hybridized carbons (Fsp3) is 0.545. The van der Waals surface area contributed by atoms with Crippen LogP contribution in [0.1, 0.15) is 20.7 Å². The summed E-state index contributed by atoms with van der Waals surface area (Å²) < 4.78 is 26.1. The molecule has 1 aliphatic heterocycles. The summed E-state index contributed by atoms with van der Waals surface area (Å²) >= 11 is 0. The molecule has 188 valence electrons. The highest BCUT2D eigenvalue weighted by Crippen LogP contribution is 2.21. The number of carboxylic acids is 1. The molecule has 0 bridgehead atoms. The second-order valence-corrected chi connectivity index (χ2v) is 6.99. The largest absolute Gasteiger partial charge is 0.480 e. The number of hydrogen-bond acceptors (Lipinski definition) is 9. The number of carboxylic acid groups (broad SMARTS) is 1. The van der Waals surface area contributed by atoms with Crippen molar-refractivity contribution >= 4 is 23.7 Å². The molecule has 0 saturated heterocycles. The normalized spacial score (nSPS) is 12.8. The highest BCUT2D eigenvalue weighted by atomic mass is 16.6. The van der Waals surface area contributed by atoms with Gasteiger partial charge in [-0.1, -0.05) is 12.1 Å². The first-order chi connectivity index (χ1) is 16.5. The van der Waals surface area contributed by atoms with E-state index in [1.165, 1.54) is 4.90 Å². The van der Waals surface area contributed by atoms with Crippen molar-refractivity contribution in [3.05, 3.63) is 35.4 Å². The van der Waals surface area contributed by atoms with Gasteiger partial charge < -0.3 is 34.1 Å². The third-order valence-corrected chi connectivity index (χ3v) is 4.48. The lowest BCUT2D eigenvalue weighted by atomic mass is 10.1. The molecule has 0 unspecified atom stereocenters. The van der Waals surface area contributed by atoms with Gasteiger partial charge in [-0.05, 0) is 12.1 Å². The molecule has 34 heavy (non-hydrogen) atoms. The van der Waals surface area contributed by atoms with Crippen molar-refractivity contribution in [1.82, 2.24) is 10.2 Å². The van der Waals surface area contributed by atoms with Gasteiger partial charge in [0.1, 0.15) is 13.2 Å². The maximum atomic E-state index is 12.2. The van der Waals surface area contributed by atoms with Crippen LogP contribution in [0.2, 0.25) is 0 Å². The fourth-order valence-electron chi connectivity index (χ4n) is 2.90. The lowest BCUT2D eigenvalue weighted by molar-refractivity contribution is -0.143.